The predicted molar refractivity (Wildman–Crippen MR) is 86.7 cm³/mol. The van der Waals surface area contributed by atoms with E-state index in [4.69, 9.17) is 0 Å². The molecule has 0 saturated carbocycles. The molecule has 0 radical (unpaired) electrons. The van der Waals surface area contributed by atoms with Crippen LogP contribution in [0.4, 0.5) is 11.8 Å². The molecule has 0 fully saturated rings. The standard InChI is InChI=1S/C13H22N6S/c1-5-9(8-20-4)19(3)12-10-7-15-18-11(10)16-13(17-12)14-6-2/h7,9H,5-6,8H2,1-4H3,(H2,14,15,16,17,18). The Kier molecular flexibility index (Phi) is 5.05. The SMILES string of the molecule is CCNc1nc(N(C)C(CC)CSC)c2cn[nH]c2n1. The van der Waals surface area contributed by atoms with Crippen LogP contribution in [0.2, 0.25) is 0 Å². The van der Waals surface area contributed by atoms with Crippen LogP contribution >= 0.6 is 11.8 Å². The van der Waals surface area contributed by atoms with Crippen LogP contribution in [0.15, 0.2) is 6.20 Å². The molecule has 2 aromatic heterocycles. The molecule has 1 atom stereocenters. The summed E-state index contributed by atoms with van der Waals surface area (Å²) in [6, 6.07) is 0.451. The average molecular weight is 294 g/mol. The average Bonchev–Trinajstić information content (AvgIpc) is 2.91. The maximum atomic E-state index is 4.65. The van der Waals surface area contributed by atoms with Gasteiger partial charge in [-0.25, -0.2) is 0 Å². The molecule has 6 nitrogen and oxygen atoms in total. The Morgan fingerprint density at radius 2 is 2.20 bits per heavy atom. The maximum Gasteiger partial charge on any atom is 0.226 e. The first-order chi connectivity index (χ1) is 9.71. The first-order valence-corrected chi connectivity index (χ1v) is 8.27. The van der Waals surface area contributed by atoms with Gasteiger partial charge in [0.05, 0.1) is 11.6 Å². The van der Waals surface area contributed by atoms with Gasteiger partial charge in [-0.1, -0.05) is 6.92 Å². The maximum absolute atomic E-state index is 4.65. The van der Waals surface area contributed by atoms with Crippen LogP contribution in [-0.2, 0) is 0 Å². The van der Waals surface area contributed by atoms with Crippen LogP contribution in [0.25, 0.3) is 11.0 Å². The van der Waals surface area contributed by atoms with Crippen molar-refractivity contribution >= 4 is 34.6 Å². The molecular formula is C13H22N6S. The quantitative estimate of drug-likeness (QED) is 0.817. The molecule has 2 N–H and O–H groups in total. The second kappa shape index (κ2) is 6.78. The predicted octanol–water partition coefficient (Wildman–Crippen LogP) is 2.36. The molecule has 2 heterocycles. The van der Waals surface area contributed by atoms with E-state index < -0.39 is 0 Å². The van der Waals surface area contributed by atoms with Gasteiger partial charge in [-0.05, 0) is 19.6 Å². The van der Waals surface area contributed by atoms with Gasteiger partial charge in [0, 0.05) is 25.4 Å². The molecule has 2 aromatic rings. The number of anilines is 2. The first kappa shape index (κ1) is 14.9. The minimum atomic E-state index is 0.451. The summed E-state index contributed by atoms with van der Waals surface area (Å²) in [5.41, 5.74) is 0.775. The van der Waals surface area contributed by atoms with Crippen LogP contribution in [-0.4, -0.2) is 51.8 Å². The highest BCUT2D eigenvalue weighted by Crippen LogP contribution is 2.25. The zero-order chi connectivity index (χ0) is 14.5. The van der Waals surface area contributed by atoms with Crippen LogP contribution < -0.4 is 10.2 Å². The number of hydrogen-bond donors (Lipinski definition) is 2. The van der Waals surface area contributed by atoms with E-state index >= 15 is 0 Å². The number of aromatic amines is 1. The molecule has 20 heavy (non-hydrogen) atoms. The molecule has 0 saturated heterocycles. The van der Waals surface area contributed by atoms with Gasteiger partial charge in [0.2, 0.25) is 5.95 Å². The number of aromatic nitrogens is 4. The molecule has 1 unspecified atom stereocenters. The highest BCUT2D eigenvalue weighted by molar-refractivity contribution is 7.98. The third kappa shape index (κ3) is 2.98. The fourth-order valence-corrected chi connectivity index (χ4v) is 3.04. The van der Waals surface area contributed by atoms with Gasteiger partial charge in [-0.3, -0.25) is 5.10 Å². The second-order valence-corrected chi connectivity index (χ2v) is 5.57. The molecule has 2 rings (SSSR count). The highest BCUT2D eigenvalue weighted by atomic mass is 32.2. The fraction of sp³-hybridized carbons (Fsp3) is 0.615. The van der Waals surface area contributed by atoms with Crippen molar-refractivity contribution in [3.8, 4) is 0 Å². The van der Waals surface area contributed by atoms with Crippen LogP contribution in [0.5, 0.6) is 0 Å². The summed E-state index contributed by atoms with van der Waals surface area (Å²) in [5.74, 6) is 2.65. The van der Waals surface area contributed by atoms with E-state index in [-0.39, 0.29) is 0 Å². The fourth-order valence-electron chi connectivity index (χ4n) is 2.19. The van der Waals surface area contributed by atoms with Gasteiger partial charge in [-0.15, -0.1) is 0 Å². The summed E-state index contributed by atoms with van der Waals surface area (Å²) in [5, 5.41) is 11.2. The van der Waals surface area contributed by atoms with Crippen molar-refractivity contribution in [1.29, 1.82) is 0 Å². The molecule has 0 aromatic carbocycles. The summed E-state index contributed by atoms with van der Waals surface area (Å²) in [6.07, 6.45) is 5.01. The summed E-state index contributed by atoms with van der Waals surface area (Å²) >= 11 is 1.86. The van der Waals surface area contributed by atoms with Gasteiger partial charge in [0.1, 0.15) is 5.82 Å². The van der Waals surface area contributed by atoms with E-state index in [0.717, 1.165) is 35.6 Å². The molecule has 0 spiro atoms. The van der Waals surface area contributed by atoms with Gasteiger partial charge in [-0.2, -0.15) is 26.8 Å². The van der Waals surface area contributed by atoms with Crippen molar-refractivity contribution in [3.63, 3.8) is 0 Å². The van der Waals surface area contributed by atoms with Crippen LogP contribution in [0, 0.1) is 0 Å². The van der Waals surface area contributed by atoms with Crippen molar-refractivity contribution in [2.45, 2.75) is 26.3 Å². The third-order valence-corrected chi connectivity index (χ3v) is 4.05. The van der Waals surface area contributed by atoms with Crippen molar-refractivity contribution in [3.05, 3.63) is 6.20 Å². The van der Waals surface area contributed by atoms with E-state index in [9.17, 15) is 0 Å². The summed E-state index contributed by atoms with van der Waals surface area (Å²) < 4.78 is 0. The van der Waals surface area contributed by atoms with E-state index in [1.165, 1.54) is 0 Å². The lowest BCUT2D eigenvalue weighted by Gasteiger charge is -2.28. The number of thioether (sulfide) groups is 1. The van der Waals surface area contributed by atoms with E-state index in [1.807, 2.05) is 18.7 Å². The Labute approximate surface area is 123 Å². The molecule has 0 amide bonds. The highest BCUT2D eigenvalue weighted by Gasteiger charge is 2.18. The Morgan fingerprint density at radius 1 is 1.40 bits per heavy atom. The van der Waals surface area contributed by atoms with Gasteiger partial charge in [0.25, 0.3) is 0 Å². The van der Waals surface area contributed by atoms with Crippen molar-refractivity contribution < 1.29 is 0 Å². The first-order valence-electron chi connectivity index (χ1n) is 6.88. The van der Waals surface area contributed by atoms with Crippen molar-refractivity contribution in [1.82, 2.24) is 20.2 Å². The molecule has 0 aliphatic carbocycles. The Balaban J connectivity index is 2.42. The number of hydrogen-bond acceptors (Lipinski definition) is 6. The molecule has 7 heteroatoms. The zero-order valence-corrected chi connectivity index (χ0v) is 13.3. The van der Waals surface area contributed by atoms with Gasteiger partial charge < -0.3 is 10.2 Å². The van der Waals surface area contributed by atoms with E-state index in [2.05, 4.69) is 50.6 Å². The minimum Gasteiger partial charge on any atom is -0.355 e. The number of H-pyrrole nitrogens is 1. The third-order valence-electron chi connectivity index (χ3n) is 3.34. The van der Waals surface area contributed by atoms with E-state index in [0.29, 0.717) is 12.0 Å². The number of rotatable bonds is 7. The van der Waals surface area contributed by atoms with Gasteiger partial charge >= 0.3 is 0 Å². The second-order valence-electron chi connectivity index (χ2n) is 4.66. The number of nitrogens with one attached hydrogen (secondary N) is 2. The normalized spacial score (nSPS) is 12.6. The van der Waals surface area contributed by atoms with E-state index in [1.54, 1.807) is 6.20 Å². The Hall–Kier alpha value is -1.50. The molecule has 0 bridgehead atoms. The molecule has 110 valence electrons. The Bertz CT molecular complexity index is 555. The largest absolute Gasteiger partial charge is 0.355 e. The lowest BCUT2D eigenvalue weighted by Crippen LogP contribution is -2.34. The smallest absolute Gasteiger partial charge is 0.226 e. The minimum absolute atomic E-state index is 0.451. The zero-order valence-electron chi connectivity index (χ0n) is 12.5. The van der Waals surface area contributed by atoms with Crippen molar-refractivity contribution in [2.24, 2.45) is 0 Å². The summed E-state index contributed by atoms with van der Waals surface area (Å²) in [6.45, 7) is 5.04. The summed E-state index contributed by atoms with van der Waals surface area (Å²) in [7, 11) is 2.09. The lowest BCUT2D eigenvalue weighted by molar-refractivity contribution is 0.668. The number of fused-ring (bicyclic) bond motifs is 1. The van der Waals surface area contributed by atoms with Gasteiger partial charge in [0.15, 0.2) is 5.65 Å². The monoisotopic (exact) mass is 294 g/mol. The Morgan fingerprint density at radius 3 is 2.85 bits per heavy atom. The topological polar surface area (TPSA) is 69.7 Å². The molecule has 0 aliphatic heterocycles. The summed E-state index contributed by atoms with van der Waals surface area (Å²) in [4.78, 5) is 11.3. The van der Waals surface area contributed by atoms with Crippen LogP contribution in [0.3, 0.4) is 0 Å². The van der Waals surface area contributed by atoms with Crippen LogP contribution in [0.1, 0.15) is 20.3 Å². The van der Waals surface area contributed by atoms with Crippen molar-refractivity contribution in [2.75, 3.05) is 35.8 Å². The number of nitrogens with zero attached hydrogens (tertiary/aromatic N) is 4. The lowest BCUT2D eigenvalue weighted by atomic mass is 10.2. The molecular weight excluding hydrogens is 272 g/mol. The molecule has 0 aliphatic rings.